The van der Waals surface area contributed by atoms with Crippen LogP contribution in [0, 0.1) is 0 Å². The van der Waals surface area contributed by atoms with Gasteiger partial charge in [0.2, 0.25) is 0 Å². The fourth-order valence-corrected chi connectivity index (χ4v) is 3.15. The highest BCUT2D eigenvalue weighted by Gasteiger charge is 2.17. The smallest absolute Gasteiger partial charge is 0.165 e. The summed E-state index contributed by atoms with van der Waals surface area (Å²) >= 11 is 12.0. The summed E-state index contributed by atoms with van der Waals surface area (Å²) in [5, 5.41) is 4.72. The molecule has 3 rings (SSSR count). The van der Waals surface area contributed by atoms with Gasteiger partial charge in [0.05, 0.1) is 12.6 Å². The van der Waals surface area contributed by atoms with Gasteiger partial charge >= 0.3 is 0 Å². The van der Waals surface area contributed by atoms with Crippen molar-refractivity contribution in [2.75, 3.05) is 11.9 Å². The van der Waals surface area contributed by atoms with Crippen LogP contribution in [-0.2, 0) is 0 Å². The lowest BCUT2D eigenvalue weighted by Gasteiger charge is -2.20. The molecule has 0 radical (unpaired) electrons. The largest absolute Gasteiger partial charge is 0.494 e. The van der Waals surface area contributed by atoms with Crippen LogP contribution in [0.1, 0.15) is 35.3 Å². The monoisotopic (exact) mass is 413 g/mol. The number of benzene rings is 3. The van der Waals surface area contributed by atoms with Crippen molar-refractivity contribution in [1.29, 1.82) is 0 Å². The molecule has 144 valence electrons. The highest BCUT2D eigenvalue weighted by atomic mass is 35.5. The predicted octanol–water partition coefficient (Wildman–Crippen LogP) is 6.82. The van der Waals surface area contributed by atoms with Crippen LogP contribution in [0.4, 0.5) is 5.69 Å². The van der Waals surface area contributed by atoms with E-state index in [1.54, 1.807) is 24.3 Å². The molecule has 0 fully saturated rings. The first kappa shape index (κ1) is 20.2. The summed E-state index contributed by atoms with van der Waals surface area (Å²) in [4.78, 5) is 12.8. The van der Waals surface area contributed by atoms with Crippen molar-refractivity contribution in [3.63, 3.8) is 0 Å². The lowest BCUT2D eigenvalue weighted by atomic mass is 9.97. The Bertz CT molecular complexity index is 907. The SMILES string of the molecule is CCOc1ccc(NC(CC(=O)c2ccc(Cl)cc2)c2ccc(Cl)cc2)cc1. The van der Waals surface area contributed by atoms with Gasteiger partial charge in [0.25, 0.3) is 0 Å². The number of halogens is 2. The van der Waals surface area contributed by atoms with Gasteiger partial charge in [0.15, 0.2) is 5.78 Å². The first-order valence-electron chi connectivity index (χ1n) is 9.09. The van der Waals surface area contributed by atoms with E-state index in [-0.39, 0.29) is 11.8 Å². The highest BCUT2D eigenvalue weighted by molar-refractivity contribution is 6.30. The molecule has 0 spiro atoms. The fraction of sp³-hybridized carbons (Fsp3) is 0.174. The van der Waals surface area contributed by atoms with Gasteiger partial charge in [-0.2, -0.15) is 0 Å². The Hall–Kier alpha value is -2.49. The minimum atomic E-state index is -0.196. The van der Waals surface area contributed by atoms with Crippen LogP contribution in [0.2, 0.25) is 10.0 Å². The number of carbonyl (C=O) groups excluding carboxylic acids is 1. The Kier molecular flexibility index (Phi) is 6.96. The molecule has 0 aromatic heterocycles. The summed E-state index contributed by atoms with van der Waals surface area (Å²) in [5.74, 6) is 0.850. The topological polar surface area (TPSA) is 38.3 Å². The van der Waals surface area contributed by atoms with E-state index >= 15 is 0 Å². The van der Waals surface area contributed by atoms with E-state index in [1.165, 1.54) is 0 Å². The fourth-order valence-electron chi connectivity index (χ4n) is 2.90. The zero-order valence-corrected chi connectivity index (χ0v) is 17.0. The van der Waals surface area contributed by atoms with E-state index in [9.17, 15) is 4.79 Å². The van der Waals surface area contributed by atoms with Crippen LogP contribution in [-0.4, -0.2) is 12.4 Å². The average Bonchev–Trinajstić information content (AvgIpc) is 2.70. The van der Waals surface area contributed by atoms with Gasteiger partial charge in [-0.25, -0.2) is 0 Å². The molecular formula is C23H21Cl2NO2. The summed E-state index contributed by atoms with van der Waals surface area (Å²) in [6.07, 6.45) is 0.302. The van der Waals surface area contributed by atoms with Crippen molar-refractivity contribution in [3.8, 4) is 5.75 Å². The van der Waals surface area contributed by atoms with Crippen LogP contribution in [0.3, 0.4) is 0 Å². The van der Waals surface area contributed by atoms with Gasteiger partial charge in [-0.3, -0.25) is 4.79 Å². The predicted molar refractivity (Wildman–Crippen MR) is 116 cm³/mol. The number of rotatable bonds is 8. The van der Waals surface area contributed by atoms with E-state index in [2.05, 4.69) is 5.32 Å². The zero-order valence-electron chi connectivity index (χ0n) is 15.5. The Morgan fingerprint density at radius 2 is 1.46 bits per heavy atom. The highest BCUT2D eigenvalue weighted by Crippen LogP contribution is 2.27. The third kappa shape index (κ3) is 5.51. The number of Topliss-reactive ketones (excluding diaryl/α,β-unsaturated/α-hetero) is 1. The van der Waals surface area contributed by atoms with Gasteiger partial charge in [-0.1, -0.05) is 35.3 Å². The summed E-state index contributed by atoms with van der Waals surface area (Å²) in [7, 11) is 0. The molecular weight excluding hydrogens is 393 g/mol. The van der Waals surface area contributed by atoms with Gasteiger partial charge in [0, 0.05) is 27.7 Å². The van der Waals surface area contributed by atoms with Crippen LogP contribution < -0.4 is 10.1 Å². The second-order valence-corrected chi connectivity index (χ2v) is 7.21. The first-order chi connectivity index (χ1) is 13.5. The summed E-state index contributed by atoms with van der Waals surface area (Å²) in [6.45, 7) is 2.57. The molecule has 0 bridgehead atoms. The number of hydrogen-bond acceptors (Lipinski definition) is 3. The molecule has 5 heteroatoms. The molecule has 0 saturated heterocycles. The molecule has 0 amide bonds. The van der Waals surface area contributed by atoms with Crippen LogP contribution in [0.15, 0.2) is 72.8 Å². The first-order valence-corrected chi connectivity index (χ1v) is 9.84. The number of nitrogens with one attached hydrogen (secondary N) is 1. The van der Waals surface area contributed by atoms with Gasteiger partial charge < -0.3 is 10.1 Å². The second kappa shape index (κ2) is 9.63. The molecule has 1 N–H and O–H groups in total. The molecule has 0 aliphatic carbocycles. The van der Waals surface area contributed by atoms with Gasteiger partial charge in [-0.05, 0) is 73.2 Å². The van der Waals surface area contributed by atoms with Crippen molar-refractivity contribution in [2.45, 2.75) is 19.4 Å². The lowest BCUT2D eigenvalue weighted by molar-refractivity contribution is 0.0976. The maximum Gasteiger partial charge on any atom is 0.165 e. The molecule has 1 atom stereocenters. The third-order valence-corrected chi connectivity index (χ3v) is 4.84. The Morgan fingerprint density at radius 3 is 2.04 bits per heavy atom. The van der Waals surface area contributed by atoms with Gasteiger partial charge in [0.1, 0.15) is 5.75 Å². The molecule has 0 aliphatic heterocycles. The van der Waals surface area contributed by atoms with E-state index < -0.39 is 0 Å². The Morgan fingerprint density at radius 1 is 0.893 bits per heavy atom. The minimum Gasteiger partial charge on any atom is -0.494 e. The van der Waals surface area contributed by atoms with Crippen LogP contribution in [0.25, 0.3) is 0 Å². The Balaban J connectivity index is 1.81. The number of anilines is 1. The van der Waals surface area contributed by atoms with Crippen LogP contribution >= 0.6 is 23.2 Å². The van der Waals surface area contributed by atoms with E-state index in [4.69, 9.17) is 27.9 Å². The molecule has 0 heterocycles. The Labute approximate surface area is 175 Å². The molecule has 3 aromatic rings. The summed E-state index contributed by atoms with van der Waals surface area (Å²) in [5.41, 5.74) is 2.53. The van der Waals surface area contributed by atoms with Crippen molar-refractivity contribution < 1.29 is 9.53 Å². The zero-order chi connectivity index (χ0) is 19.9. The molecule has 0 saturated carbocycles. The standard InChI is InChI=1S/C23H21Cl2NO2/c1-2-28-21-13-11-20(12-14-21)26-22(16-3-7-18(24)8-4-16)15-23(27)17-5-9-19(25)10-6-17/h3-14,22,26H,2,15H2,1H3. The van der Waals surface area contributed by atoms with E-state index in [0.29, 0.717) is 28.6 Å². The lowest BCUT2D eigenvalue weighted by Crippen LogP contribution is -2.16. The number of carbonyl (C=O) groups is 1. The maximum atomic E-state index is 12.8. The molecule has 1 unspecified atom stereocenters. The van der Waals surface area contributed by atoms with Crippen molar-refractivity contribution in [2.24, 2.45) is 0 Å². The summed E-state index contributed by atoms with van der Waals surface area (Å²) < 4.78 is 5.49. The third-order valence-electron chi connectivity index (χ3n) is 4.33. The number of ketones is 1. The van der Waals surface area contributed by atoms with Crippen LogP contribution in [0.5, 0.6) is 5.75 Å². The van der Waals surface area contributed by atoms with Crippen molar-refractivity contribution in [1.82, 2.24) is 0 Å². The average molecular weight is 414 g/mol. The van der Waals surface area contributed by atoms with E-state index in [0.717, 1.165) is 17.0 Å². The van der Waals surface area contributed by atoms with Gasteiger partial charge in [-0.15, -0.1) is 0 Å². The maximum absolute atomic E-state index is 12.8. The van der Waals surface area contributed by atoms with E-state index in [1.807, 2.05) is 55.5 Å². The van der Waals surface area contributed by atoms with Crippen molar-refractivity contribution >= 4 is 34.7 Å². The summed E-state index contributed by atoms with van der Waals surface area (Å²) in [6, 6.07) is 22.0. The molecule has 3 nitrogen and oxygen atoms in total. The normalized spacial score (nSPS) is 11.7. The quantitative estimate of drug-likeness (QED) is 0.411. The second-order valence-electron chi connectivity index (χ2n) is 6.34. The number of hydrogen-bond donors (Lipinski definition) is 1. The molecule has 0 aliphatic rings. The molecule has 3 aromatic carbocycles. The number of ether oxygens (including phenoxy) is 1. The molecule has 28 heavy (non-hydrogen) atoms. The van der Waals surface area contributed by atoms with Crippen molar-refractivity contribution in [3.05, 3.63) is 94.0 Å². The minimum absolute atomic E-state index is 0.0371.